The SMILES string of the molecule is CC(C)(C)OC(=O)N1CCCC(Oc2cc(NC3CC3)ncn2)C1. The van der Waals surface area contributed by atoms with Crippen molar-refractivity contribution in [1.29, 1.82) is 0 Å². The van der Waals surface area contributed by atoms with E-state index in [9.17, 15) is 4.79 Å². The van der Waals surface area contributed by atoms with Crippen LogP contribution < -0.4 is 10.1 Å². The Labute approximate surface area is 142 Å². The summed E-state index contributed by atoms with van der Waals surface area (Å²) in [5.41, 5.74) is -0.485. The molecule has 7 nitrogen and oxygen atoms in total. The molecule has 1 aromatic rings. The number of likely N-dealkylation sites (tertiary alicyclic amines) is 1. The molecule has 1 amide bonds. The minimum atomic E-state index is -0.485. The number of carbonyl (C=O) groups excluding carboxylic acids is 1. The number of hydrogen-bond acceptors (Lipinski definition) is 6. The second-order valence-corrected chi connectivity index (χ2v) is 7.47. The van der Waals surface area contributed by atoms with Gasteiger partial charge in [0.1, 0.15) is 23.9 Å². The van der Waals surface area contributed by atoms with Crippen LogP contribution in [0, 0.1) is 0 Å². The highest BCUT2D eigenvalue weighted by Gasteiger charge is 2.29. The van der Waals surface area contributed by atoms with Crippen molar-refractivity contribution in [2.75, 3.05) is 18.4 Å². The van der Waals surface area contributed by atoms with E-state index < -0.39 is 5.60 Å². The molecule has 1 aliphatic heterocycles. The zero-order valence-corrected chi connectivity index (χ0v) is 14.6. The van der Waals surface area contributed by atoms with E-state index in [1.54, 1.807) is 4.90 Å². The summed E-state index contributed by atoms with van der Waals surface area (Å²) in [6.45, 7) is 6.84. The summed E-state index contributed by atoms with van der Waals surface area (Å²) in [4.78, 5) is 22.3. The van der Waals surface area contributed by atoms with Crippen molar-refractivity contribution in [3.05, 3.63) is 12.4 Å². The third kappa shape index (κ3) is 4.97. The Kier molecular flexibility index (Phi) is 4.78. The van der Waals surface area contributed by atoms with Gasteiger partial charge < -0.3 is 19.7 Å². The number of anilines is 1. The Morgan fingerprint density at radius 2 is 2.08 bits per heavy atom. The van der Waals surface area contributed by atoms with Gasteiger partial charge >= 0.3 is 6.09 Å². The molecule has 7 heteroatoms. The lowest BCUT2D eigenvalue weighted by Crippen LogP contribution is -2.46. The Bertz CT molecular complexity index is 583. The highest BCUT2D eigenvalue weighted by atomic mass is 16.6. The number of nitrogens with zero attached hydrogens (tertiary/aromatic N) is 3. The van der Waals surface area contributed by atoms with Crippen LogP contribution in [0.1, 0.15) is 46.5 Å². The summed E-state index contributed by atoms with van der Waals surface area (Å²) in [6, 6.07) is 2.36. The number of rotatable bonds is 4. The number of piperidine rings is 1. The summed E-state index contributed by atoms with van der Waals surface area (Å²) in [7, 11) is 0. The van der Waals surface area contributed by atoms with Crippen LogP contribution in [0.3, 0.4) is 0 Å². The van der Waals surface area contributed by atoms with Gasteiger partial charge in [-0.15, -0.1) is 0 Å². The number of amides is 1. The highest BCUT2D eigenvalue weighted by molar-refractivity contribution is 5.68. The van der Waals surface area contributed by atoms with Crippen molar-refractivity contribution in [2.24, 2.45) is 0 Å². The van der Waals surface area contributed by atoms with Crippen molar-refractivity contribution in [1.82, 2.24) is 14.9 Å². The van der Waals surface area contributed by atoms with E-state index in [0.29, 0.717) is 25.0 Å². The van der Waals surface area contributed by atoms with Crippen LogP contribution in [-0.4, -0.2) is 51.8 Å². The van der Waals surface area contributed by atoms with Gasteiger partial charge in [-0.1, -0.05) is 0 Å². The molecule has 0 bridgehead atoms. The number of ether oxygens (including phenoxy) is 2. The molecular formula is C17H26N4O3. The molecule has 2 fully saturated rings. The molecule has 1 saturated carbocycles. The lowest BCUT2D eigenvalue weighted by atomic mass is 10.1. The molecule has 1 unspecified atom stereocenters. The minimum absolute atomic E-state index is 0.0741. The third-order valence-electron chi connectivity index (χ3n) is 3.89. The van der Waals surface area contributed by atoms with Crippen molar-refractivity contribution in [3.63, 3.8) is 0 Å². The fourth-order valence-corrected chi connectivity index (χ4v) is 2.62. The van der Waals surface area contributed by atoms with Crippen LogP contribution in [0.4, 0.5) is 10.6 Å². The number of aromatic nitrogens is 2. The average molecular weight is 334 g/mol. The molecule has 3 rings (SSSR count). The summed E-state index contributed by atoms with van der Waals surface area (Å²) in [5.74, 6) is 1.34. The molecule has 0 aromatic carbocycles. The quantitative estimate of drug-likeness (QED) is 0.912. The normalized spacial score (nSPS) is 21.3. The van der Waals surface area contributed by atoms with E-state index in [2.05, 4.69) is 15.3 Å². The first kappa shape index (κ1) is 16.8. The standard InChI is InChI=1S/C17H26N4O3/c1-17(2,3)24-16(22)21-8-4-5-13(10-21)23-15-9-14(18-11-19-15)20-12-6-7-12/h9,11-13H,4-8,10H2,1-3H3,(H,18,19,20). The van der Waals surface area contributed by atoms with Gasteiger partial charge in [-0.2, -0.15) is 0 Å². The Balaban J connectivity index is 1.56. The van der Waals surface area contributed by atoms with E-state index >= 15 is 0 Å². The summed E-state index contributed by atoms with van der Waals surface area (Å²) in [6.07, 6.45) is 5.32. The van der Waals surface area contributed by atoms with Crippen LogP contribution in [0.15, 0.2) is 12.4 Å². The zero-order chi connectivity index (χ0) is 17.2. The predicted molar refractivity (Wildman–Crippen MR) is 90.1 cm³/mol. The summed E-state index contributed by atoms with van der Waals surface area (Å²) < 4.78 is 11.4. The topological polar surface area (TPSA) is 76.6 Å². The Morgan fingerprint density at radius 3 is 2.79 bits per heavy atom. The molecule has 1 saturated heterocycles. The van der Waals surface area contributed by atoms with E-state index in [-0.39, 0.29) is 12.2 Å². The zero-order valence-electron chi connectivity index (χ0n) is 14.6. The van der Waals surface area contributed by atoms with Crippen LogP contribution in [0.2, 0.25) is 0 Å². The minimum Gasteiger partial charge on any atom is -0.472 e. The molecule has 132 valence electrons. The van der Waals surface area contributed by atoms with E-state index in [4.69, 9.17) is 9.47 Å². The van der Waals surface area contributed by atoms with Gasteiger partial charge in [-0.3, -0.25) is 0 Å². The predicted octanol–water partition coefficient (Wildman–Crippen LogP) is 2.83. The van der Waals surface area contributed by atoms with Crippen LogP contribution in [0.25, 0.3) is 0 Å². The van der Waals surface area contributed by atoms with Crippen molar-refractivity contribution < 1.29 is 14.3 Å². The molecule has 0 radical (unpaired) electrons. The second kappa shape index (κ2) is 6.83. The smallest absolute Gasteiger partial charge is 0.410 e. The molecule has 1 N–H and O–H groups in total. The molecule has 24 heavy (non-hydrogen) atoms. The highest BCUT2D eigenvalue weighted by Crippen LogP contribution is 2.25. The van der Waals surface area contributed by atoms with Crippen molar-refractivity contribution in [3.8, 4) is 5.88 Å². The largest absolute Gasteiger partial charge is 0.472 e. The molecule has 1 aliphatic carbocycles. The molecule has 2 aliphatic rings. The van der Waals surface area contributed by atoms with Gasteiger partial charge in [0.25, 0.3) is 0 Å². The number of carbonyl (C=O) groups is 1. The fourth-order valence-electron chi connectivity index (χ4n) is 2.62. The maximum atomic E-state index is 12.2. The van der Waals surface area contributed by atoms with Crippen LogP contribution in [-0.2, 0) is 4.74 Å². The summed E-state index contributed by atoms with van der Waals surface area (Å²) >= 11 is 0. The van der Waals surface area contributed by atoms with Gasteiger partial charge in [0, 0.05) is 18.7 Å². The molecule has 1 atom stereocenters. The van der Waals surface area contributed by atoms with Crippen LogP contribution in [0.5, 0.6) is 5.88 Å². The second-order valence-electron chi connectivity index (χ2n) is 7.47. The lowest BCUT2D eigenvalue weighted by molar-refractivity contribution is 0.00721. The van der Waals surface area contributed by atoms with E-state index in [1.165, 1.54) is 19.2 Å². The van der Waals surface area contributed by atoms with Gasteiger partial charge in [-0.25, -0.2) is 14.8 Å². The fraction of sp³-hybridized carbons (Fsp3) is 0.706. The van der Waals surface area contributed by atoms with Gasteiger partial charge in [0.2, 0.25) is 5.88 Å². The summed E-state index contributed by atoms with van der Waals surface area (Å²) in [5, 5.41) is 3.33. The van der Waals surface area contributed by atoms with Crippen molar-refractivity contribution in [2.45, 2.75) is 64.2 Å². The van der Waals surface area contributed by atoms with Gasteiger partial charge in [0.05, 0.1) is 6.54 Å². The lowest BCUT2D eigenvalue weighted by Gasteiger charge is -2.33. The first-order chi connectivity index (χ1) is 11.4. The maximum absolute atomic E-state index is 12.2. The molecule has 1 aromatic heterocycles. The molecular weight excluding hydrogens is 308 g/mol. The number of hydrogen-bond donors (Lipinski definition) is 1. The Hall–Kier alpha value is -2.05. The Morgan fingerprint density at radius 1 is 1.29 bits per heavy atom. The first-order valence-electron chi connectivity index (χ1n) is 8.62. The molecule has 2 heterocycles. The van der Waals surface area contributed by atoms with Crippen LogP contribution >= 0.6 is 0 Å². The maximum Gasteiger partial charge on any atom is 0.410 e. The van der Waals surface area contributed by atoms with Gasteiger partial charge in [0.15, 0.2) is 0 Å². The van der Waals surface area contributed by atoms with E-state index in [1.807, 2.05) is 26.8 Å². The third-order valence-corrected chi connectivity index (χ3v) is 3.89. The van der Waals surface area contributed by atoms with Crippen molar-refractivity contribution >= 4 is 11.9 Å². The monoisotopic (exact) mass is 334 g/mol. The first-order valence-corrected chi connectivity index (χ1v) is 8.62. The number of nitrogens with one attached hydrogen (secondary N) is 1. The molecule has 0 spiro atoms. The average Bonchev–Trinajstić information content (AvgIpc) is 3.30. The van der Waals surface area contributed by atoms with E-state index in [0.717, 1.165) is 18.7 Å². The van der Waals surface area contributed by atoms with Gasteiger partial charge in [-0.05, 0) is 46.5 Å².